The Morgan fingerprint density at radius 1 is 1.20 bits per heavy atom. The molecule has 0 aromatic heterocycles. The first-order valence-electron chi connectivity index (χ1n) is 7.79. The molecule has 0 aromatic carbocycles. The molecule has 4 nitrogen and oxygen atoms in total. The molecule has 20 heavy (non-hydrogen) atoms. The lowest BCUT2D eigenvalue weighted by Gasteiger charge is -2.34. The van der Waals surface area contributed by atoms with Crippen LogP contribution in [0.1, 0.15) is 52.9 Å². The van der Waals surface area contributed by atoms with Crippen molar-refractivity contribution < 1.29 is 14.7 Å². The third-order valence-electron chi connectivity index (χ3n) is 5.20. The highest BCUT2D eigenvalue weighted by molar-refractivity contribution is 5.79. The van der Waals surface area contributed by atoms with E-state index in [1.807, 2.05) is 6.92 Å². The topological polar surface area (TPSA) is 57.6 Å². The summed E-state index contributed by atoms with van der Waals surface area (Å²) in [5, 5.41) is 9.12. The molecule has 1 saturated heterocycles. The molecule has 2 aliphatic rings. The second-order valence-corrected chi connectivity index (χ2v) is 7.53. The van der Waals surface area contributed by atoms with Crippen molar-refractivity contribution in [2.24, 2.45) is 23.2 Å². The highest BCUT2D eigenvalue weighted by Gasteiger charge is 2.37. The van der Waals surface area contributed by atoms with E-state index in [2.05, 4.69) is 13.8 Å². The number of hydrogen-bond acceptors (Lipinski definition) is 2. The normalized spacial score (nSPS) is 30.4. The molecule has 0 spiro atoms. The summed E-state index contributed by atoms with van der Waals surface area (Å²) >= 11 is 0. The third-order valence-corrected chi connectivity index (χ3v) is 5.20. The van der Waals surface area contributed by atoms with Crippen LogP contribution in [0.3, 0.4) is 0 Å². The number of likely N-dealkylation sites (tertiary alicyclic amines) is 1. The van der Waals surface area contributed by atoms with Gasteiger partial charge in [0, 0.05) is 19.5 Å². The second-order valence-electron chi connectivity index (χ2n) is 7.53. The van der Waals surface area contributed by atoms with E-state index in [9.17, 15) is 9.59 Å². The Morgan fingerprint density at radius 2 is 1.80 bits per heavy atom. The number of carbonyl (C=O) groups excluding carboxylic acids is 1. The van der Waals surface area contributed by atoms with Gasteiger partial charge in [0.25, 0.3) is 0 Å². The molecular weight excluding hydrogens is 254 g/mol. The summed E-state index contributed by atoms with van der Waals surface area (Å²) in [6.45, 7) is 7.52. The van der Waals surface area contributed by atoms with Crippen LogP contribution < -0.4 is 0 Å². The van der Waals surface area contributed by atoms with E-state index in [1.165, 1.54) is 12.8 Å². The lowest BCUT2D eigenvalue weighted by Crippen LogP contribution is -2.32. The number of hydrogen-bond donors (Lipinski definition) is 1. The van der Waals surface area contributed by atoms with Crippen molar-refractivity contribution >= 4 is 11.9 Å². The van der Waals surface area contributed by atoms with Crippen LogP contribution in [-0.4, -0.2) is 35.0 Å². The van der Waals surface area contributed by atoms with Crippen molar-refractivity contribution in [2.75, 3.05) is 13.1 Å². The predicted molar refractivity (Wildman–Crippen MR) is 77.2 cm³/mol. The number of amides is 1. The first-order valence-corrected chi connectivity index (χ1v) is 7.79. The Bertz CT molecular complexity index is 381. The van der Waals surface area contributed by atoms with Crippen LogP contribution in [-0.2, 0) is 9.59 Å². The number of carboxylic acid groups (broad SMARTS) is 1. The van der Waals surface area contributed by atoms with Gasteiger partial charge in [-0.3, -0.25) is 9.59 Å². The maximum atomic E-state index is 12.3. The molecule has 0 unspecified atom stereocenters. The van der Waals surface area contributed by atoms with Crippen LogP contribution in [0.4, 0.5) is 0 Å². The molecule has 1 heterocycles. The zero-order chi connectivity index (χ0) is 14.9. The molecular formula is C16H27NO3. The summed E-state index contributed by atoms with van der Waals surface area (Å²) in [6, 6.07) is 0. The molecule has 4 heteroatoms. The fourth-order valence-corrected chi connectivity index (χ4v) is 3.53. The molecule has 1 aliphatic carbocycles. The van der Waals surface area contributed by atoms with Gasteiger partial charge in [-0.1, -0.05) is 20.8 Å². The second kappa shape index (κ2) is 5.74. The summed E-state index contributed by atoms with van der Waals surface area (Å²) in [4.78, 5) is 25.2. The first kappa shape index (κ1) is 15.3. The summed E-state index contributed by atoms with van der Waals surface area (Å²) in [6.07, 6.45) is 5.25. The highest BCUT2D eigenvalue weighted by atomic mass is 16.4. The van der Waals surface area contributed by atoms with Crippen LogP contribution in [0.5, 0.6) is 0 Å². The van der Waals surface area contributed by atoms with E-state index < -0.39 is 5.97 Å². The molecule has 1 aliphatic heterocycles. The summed E-state index contributed by atoms with van der Waals surface area (Å²) in [5.41, 5.74) is 0.427. The fourth-order valence-electron chi connectivity index (χ4n) is 3.53. The van der Waals surface area contributed by atoms with Gasteiger partial charge in [0.05, 0.1) is 5.92 Å². The lowest BCUT2D eigenvalue weighted by molar-refractivity contribution is -0.142. The van der Waals surface area contributed by atoms with Gasteiger partial charge in [0.15, 0.2) is 0 Å². The van der Waals surface area contributed by atoms with Gasteiger partial charge in [-0.2, -0.15) is 0 Å². The largest absolute Gasteiger partial charge is 0.481 e. The van der Waals surface area contributed by atoms with E-state index in [1.54, 1.807) is 4.90 Å². The molecule has 0 aromatic rings. The Labute approximate surface area is 121 Å². The lowest BCUT2D eigenvalue weighted by atomic mass is 9.72. The van der Waals surface area contributed by atoms with Gasteiger partial charge < -0.3 is 10.0 Å². The number of aliphatic carboxylic acids is 1. The zero-order valence-corrected chi connectivity index (χ0v) is 12.9. The molecule has 2 atom stereocenters. The summed E-state index contributed by atoms with van der Waals surface area (Å²) < 4.78 is 0. The fraction of sp³-hybridized carbons (Fsp3) is 0.875. The quantitative estimate of drug-likeness (QED) is 0.865. The van der Waals surface area contributed by atoms with Gasteiger partial charge in [-0.25, -0.2) is 0 Å². The third kappa shape index (κ3) is 3.53. The molecule has 2 rings (SSSR count). The maximum absolute atomic E-state index is 12.3. The summed E-state index contributed by atoms with van der Waals surface area (Å²) in [7, 11) is 0. The van der Waals surface area contributed by atoms with Crippen LogP contribution in [0.15, 0.2) is 0 Å². The van der Waals surface area contributed by atoms with E-state index in [0.29, 0.717) is 30.8 Å². The van der Waals surface area contributed by atoms with Crippen molar-refractivity contribution in [3.8, 4) is 0 Å². The van der Waals surface area contributed by atoms with Crippen molar-refractivity contribution in [1.29, 1.82) is 0 Å². The van der Waals surface area contributed by atoms with Gasteiger partial charge >= 0.3 is 5.97 Å². The Balaban J connectivity index is 1.83. The average molecular weight is 281 g/mol. The van der Waals surface area contributed by atoms with Crippen molar-refractivity contribution in [2.45, 2.75) is 52.9 Å². The van der Waals surface area contributed by atoms with Gasteiger partial charge in [-0.05, 0) is 42.9 Å². The Kier molecular flexibility index (Phi) is 4.40. The molecule has 114 valence electrons. The minimum absolute atomic E-state index is 0.0711. The van der Waals surface area contributed by atoms with Gasteiger partial charge in [-0.15, -0.1) is 0 Å². The molecule has 2 fully saturated rings. The van der Waals surface area contributed by atoms with Crippen molar-refractivity contribution in [1.82, 2.24) is 4.90 Å². The van der Waals surface area contributed by atoms with E-state index in [4.69, 9.17) is 5.11 Å². The molecule has 0 radical (unpaired) electrons. The number of carbonyl (C=O) groups is 2. The Morgan fingerprint density at radius 3 is 2.30 bits per heavy atom. The Hall–Kier alpha value is -1.06. The van der Waals surface area contributed by atoms with Crippen LogP contribution >= 0.6 is 0 Å². The van der Waals surface area contributed by atoms with Gasteiger partial charge in [0.2, 0.25) is 5.91 Å². The van der Waals surface area contributed by atoms with Gasteiger partial charge in [0.1, 0.15) is 0 Å². The van der Waals surface area contributed by atoms with E-state index >= 15 is 0 Å². The number of nitrogens with zero attached hydrogens (tertiary/aromatic N) is 1. The minimum Gasteiger partial charge on any atom is -0.481 e. The van der Waals surface area contributed by atoms with Crippen molar-refractivity contribution in [3.63, 3.8) is 0 Å². The predicted octanol–water partition coefficient (Wildman–Crippen LogP) is 2.77. The average Bonchev–Trinajstić information content (AvgIpc) is 2.74. The smallest absolute Gasteiger partial charge is 0.308 e. The van der Waals surface area contributed by atoms with Crippen LogP contribution in [0.25, 0.3) is 0 Å². The van der Waals surface area contributed by atoms with Crippen LogP contribution in [0, 0.1) is 23.2 Å². The minimum atomic E-state index is -0.771. The van der Waals surface area contributed by atoms with Crippen LogP contribution in [0.2, 0.25) is 0 Å². The SMILES string of the molecule is C[C@@H]1CN(C(=O)CC2CCC(C)(C)CC2)C[C@H]1C(=O)O. The first-order chi connectivity index (χ1) is 9.28. The maximum Gasteiger partial charge on any atom is 0.308 e. The summed E-state index contributed by atoms with van der Waals surface area (Å²) in [5.74, 6) is -0.432. The highest BCUT2D eigenvalue weighted by Crippen LogP contribution is 2.39. The standard InChI is InChI=1S/C16H27NO3/c1-11-9-17(10-13(11)15(19)20)14(18)8-12-4-6-16(2,3)7-5-12/h11-13H,4-10H2,1-3H3,(H,19,20)/t11-,13-/m1/s1. The molecule has 1 N–H and O–H groups in total. The molecule has 1 amide bonds. The molecule has 1 saturated carbocycles. The molecule has 0 bridgehead atoms. The van der Waals surface area contributed by atoms with E-state index in [-0.39, 0.29) is 17.7 Å². The van der Waals surface area contributed by atoms with Crippen molar-refractivity contribution in [3.05, 3.63) is 0 Å². The zero-order valence-electron chi connectivity index (χ0n) is 12.9. The van der Waals surface area contributed by atoms with E-state index in [0.717, 1.165) is 12.8 Å². The monoisotopic (exact) mass is 281 g/mol. The number of rotatable bonds is 3. The number of carboxylic acids is 1.